The van der Waals surface area contributed by atoms with Crippen LogP contribution < -0.4 is 5.32 Å². The maximum atomic E-state index is 12.6. The van der Waals surface area contributed by atoms with Crippen molar-refractivity contribution < 1.29 is 14.5 Å². The van der Waals surface area contributed by atoms with Crippen molar-refractivity contribution in [3.63, 3.8) is 0 Å². The average Bonchev–Trinajstić information content (AvgIpc) is 3.38. The molecule has 1 saturated carbocycles. The van der Waals surface area contributed by atoms with E-state index < -0.39 is 4.92 Å². The molecule has 1 saturated heterocycles. The van der Waals surface area contributed by atoms with Gasteiger partial charge in [-0.2, -0.15) is 0 Å². The normalized spacial score (nSPS) is 18.0. The Balaban J connectivity index is 1.53. The summed E-state index contributed by atoms with van der Waals surface area (Å²) in [7, 11) is 0. The van der Waals surface area contributed by atoms with Gasteiger partial charge in [0.2, 0.25) is 5.91 Å². The molecule has 3 rings (SSSR count). The van der Waals surface area contributed by atoms with E-state index in [1.54, 1.807) is 17.9 Å². The molecule has 0 aromatic heterocycles. The van der Waals surface area contributed by atoms with E-state index >= 15 is 0 Å². The van der Waals surface area contributed by atoms with Crippen LogP contribution in [0.2, 0.25) is 0 Å². The maximum absolute atomic E-state index is 12.6. The molecule has 134 valence electrons. The molecule has 1 N–H and O–H groups in total. The van der Waals surface area contributed by atoms with Crippen LogP contribution in [0.4, 0.5) is 5.69 Å². The summed E-state index contributed by atoms with van der Waals surface area (Å²) in [4.78, 5) is 38.6. The van der Waals surface area contributed by atoms with Crippen LogP contribution in [0.5, 0.6) is 0 Å². The number of piperazine rings is 1. The van der Waals surface area contributed by atoms with Gasteiger partial charge in [0.1, 0.15) is 0 Å². The van der Waals surface area contributed by atoms with E-state index in [0.29, 0.717) is 49.9 Å². The third kappa shape index (κ3) is 4.33. The SMILES string of the molecule is Cc1cc(C(=O)N2CCN(CC(=O)NC3CC3)CC2)ccc1[N+](=O)[O-]. The molecular weight excluding hydrogens is 324 g/mol. The van der Waals surface area contributed by atoms with Crippen molar-refractivity contribution in [3.05, 3.63) is 39.4 Å². The summed E-state index contributed by atoms with van der Waals surface area (Å²) < 4.78 is 0. The number of nitrogens with one attached hydrogen (secondary N) is 1. The first-order valence-electron chi connectivity index (χ1n) is 8.50. The summed E-state index contributed by atoms with van der Waals surface area (Å²) in [6.45, 7) is 4.39. The molecule has 0 spiro atoms. The van der Waals surface area contributed by atoms with Crippen LogP contribution in [0, 0.1) is 17.0 Å². The maximum Gasteiger partial charge on any atom is 0.272 e. The van der Waals surface area contributed by atoms with Gasteiger partial charge in [-0.15, -0.1) is 0 Å². The second-order valence-electron chi connectivity index (χ2n) is 6.67. The number of rotatable bonds is 5. The van der Waals surface area contributed by atoms with Crippen LogP contribution >= 0.6 is 0 Å². The monoisotopic (exact) mass is 346 g/mol. The van der Waals surface area contributed by atoms with Crippen molar-refractivity contribution in [3.8, 4) is 0 Å². The first-order valence-corrected chi connectivity index (χ1v) is 8.50. The second kappa shape index (κ2) is 7.18. The fraction of sp³-hybridized carbons (Fsp3) is 0.529. The number of hydrogen-bond acceptors (Lipinski definition) is 5. The third-order valence-electron chi connectivity index (χ3n) is 4.61. The first-order chi connectivity index (χ1) is 11.9. The Labute approximate surface area is 145 Å². The molecule has 1 aliphatic heterocycles. The van der Waals surface area contributed by atoms with Gasteiger partial charge < -0.3 is 10.2 Å². The molecule has 0 bridgehead atoms. The van der Waals surface area contributed by atoms with Crippen LogP contribution in [-0.2, 0) is 4.79 Å². The van der Waals surface area contributed by atoms with Gasteiger partial charge in [-0.05, 0) is 31.9 Å². The fourth-order valence-corrected chi connectivity index (χ4v) is 2.99. The van der Waals surface area contributed by atoms with Gasteiger partial charge in [0.15, 0.2) is 0 Å². The highest BCUT2D eigenvalue weighted by molar-refractivity contribution is 5.94. The van der Waals surface area contributed by atoms with Crippen molar-refractivity contribution in [2.75, 3.05) is 32.7 Å². The molecule has 25 heavy (non-hydrogen) atoms. The van der Waals surface area contributed by atoms with E-state index in [0.717, 1.165) is 12.8 Å². The lowest BCUT2D eigenvalue weighted by Gasteiger charge is -2.34. The smallest absolute Gasteiger partial charge is 0.272 e. The molecule has 1 aromatic carbocycles. The Hall–Kier alpha value is -2.48. The molecule has 2 amide bonds. The minimum absolute atomic E-state index is 0.0167. The van der Waals surface area contributed by atoms with E-state index in [1.165, 1.54) is 12.1 Å². The summed E-state index contributed by atoms with van der Waals surface area (Å²) in [5, 5.41) is 13.8. The standard InChI is InChI=1S/C17H22N4O4/c1-12-10-13(2-5-15(12)21(24)25)17(23)20-8-6-19(7-9-20)11-16(22)18-14-3-4-14/h2,5,10,14H,3-4,6-9,11H2,1H3,(H,18,22). The highest BCUT2D eigenvalue weighted by atomic mass is 16.6. The minimum atomic E-state index is -0.449. The number of benzene rings is 1. The van der Waals surface area contributed by atoms with Crippen LogP contribution in [0.1, 0.15) is 28.8 Å². The molecule has 0 unspecified atom stereocenters. The number of nitro benzene ring substituents is 1. The Morgan fingerprint density at radius 2 is 1.92 bits per heavy atom. The van der Waals surface area contributed by atoms with Crippen LogP contribution in [0.3, 0.4) is 0 Å². The van der Waals surface area contributed by atoms with Crippen molar-refractivity contribution >= 4 is 17.5 Å². The Bertz CT molecular complexity index is 694. The van der Waals surface area contributed by atoms with Gasteiger partial charge in [0.25, 0.3) is 11.6 Å². The van der Waals surface area contributed by atoms with Gasteiger partial charge >= 0.3 is 0 Å². The predicted molar refractivity (Wildman–Crippen MR) is 91.3 cm³/mol. The molecule has 0 atom stereocenters. The van der Waals surface area contributed by atoms with Gasteiger partial charge in [-0.3, -0.25) is 24.6 Å². The van der Waals surface area contributed by atoms with Gasteiger partial charge in [0, 0.05) is 49.4 Å². The number of hydrogen-bond donors (Lipinski definition) is 1. The van der Waals surface area contributed by atoms with E-state index in [1.807, 2.05) is 4.90 Å². The quantitative estimate of drug-likeness (QED) is 0.632. The molecule has 8 nitrogen and oxygen atoms in total. The zero-order valence-corrected chi connectivity index (χ0v) is 14.2. The molecule has 1 aliphatic carbocycles. The number of carbonyl (C=O) groups excluding carboxylic acids is 2. The van der Waals surface area contributed by atoms with E-state index in [4.69, 9.17) is 0 Å². The lowest BCUT2D eigenvalue weighted by atomic mass is 10.1. The molecular formula is C17H22N4O4. The van der Waals surface area contributed by atoms with E-state index in [-0.39, 0.29) is 17.5 Å². The number of nitrogens with zero attached hydrogens (tertiary/aromatic N) is 3. The highest BCUT2D eigenvalue weighted by Gasteiger charge is 2.27. The van der Waals surface area contributed by atoms with Crippen LogP contribution in [-0.4, -0.2) is 65.3 Å². The number of nitro groups is 1. The lowest BCUT2D eigenvalue weighted by molar-refractivity contribution is -0.385. The summed E-state index contributed by atoms with van der Waals surface area (Å²) in [6.07, 6.45) is 2.14. The zero-order chi connectivity index (χ0) is 18.0. The van der Waals surface area contributed by atoms with Crippen molar-refractivity contribution in [1.82, 2.24) is 15.1 Å². The lowest BCUT2D eigenvalue weighted by Crippen LogP contribution is -2.51. The second-order valence-corrected chi connectivity index (χ2v) is 6.67. The summed E-state index contributed by atoms with van der Waals surface area (Å²) in [5.41, 5.74) is 0.956. The number of carbonyl (C=O) groups is 2. The predicted octanol–water partition coefficient (Wildman–Crippen LogP) is 0.940. The molecule has 1 heterocycles. The Kier molecular flexibility index (Phi) is 4.98. The summed E-state index contributed by atoms with van der Waals surface area (Å²) in [6, 6.07) is 4.81. The summed E-state index contributed by atoms with van der Waals surface area (Å²) >= 11 is 0. The third-order valence-corrected chi connectivity index (χ3v) is 4.61. The number of amides is 2. The van der Waals surface area contributed by atoms with Gasteiger partial charge in [-0.1, -0.05) is 0 Å². The van der Waals surface area contributed by atoms with E-state index in [2.05, 4.69) is 5.32 Å². The Morgan fingerprint density at radius 1 is 1.24 bits per heavy atom. The molecule has 2 aliphatic rings. The van der Waals surface area contributed by atoms with Gasteiger partial charge in [0.05, 0.1) is 11.5 Å². The Morgan fingerprint density at radius 3 is 2.48 bits per heavy atom. The molecule has 0 radical (unpaired) electrons. The first kappa shape index (κ1) is 17.3. The molecule has 2 fully saturated rings. The summed E-state index contributed by atoms with van der Waals surface area (Å²) in [5.74, 6) is -0.0756. The topological polar surface area (TPSA) is 95.8 Å². The van der Waals surface area contributed by atoms with Crippen LogP contribution in [0.25, 0.3) is 0 Å². The minimum Gasteiger partial charge on any atom is -0.352 e. The highest BCUT2D eigenvalue weighted by Crippen LogP contribution is 2.20. The average molecular weight is 346 g/mol. The van der Waals surface area contributed by atoms with E-state index in [9.17, 15) is 19.7 Å². The largest absolute Gasteiger partial charge is 0.352 e. The molecule has 1 aromatic rings. The number of aryl methyl sites for hydroxylation is 1. The van der Waals surface area contributed by atoms with Crippen molar-refractivity contribution in [2.24, 2.45) is 0 Å². The fourth-order valence-electron chi connectivity index (χ4n) is 2.99. The zero-order valence-electron chi connectivity index (χ0n) is 14.2. The van der Waals surface area contributed by atoms with Crippen molar-refractivity contribution in [2.45, 2.75) is 25.8 Å². The van der Waals surface area contributed by atoms with Crippen molar-refractivity contribution in [1.29, 1.82) is 0 Å². The molecule has 8 heteroatoms. The van der Waals surface area contributed by atoms with Crippen LogP contribution in [0.15, 0.2) is 18.2 Å². The van der Waals surface area contributed by atoms with Gasteiger partial charge in [-0.25, -0.2) is 0 Å².